The fraction of sp³-hybridized carbons (Fsp3) is 0.611. The Balaban J connectivity index is 1.62. The van der Waals surface area contributed by atoms with E-state index >= 15 is 0 Å². The van der Waals surface area contributed by atoms with E-state index in [4.69, 9.17) is 4.74 Å². The fourth-order valence-electron chi connectivity index (χ4n) is 3.34. The van der Waals surface area contributed by atoms with E-state index in [2.05, 4.69) is 41.4 Å². The van der Waals surface area contributed by atoms with Crippen LogP contribution in [0.1, 0.15) is 44.2 Å². The summed E-state index contributed by atoms with van der Waals surface area (Å²) in [5, 5.41) is 3.17. The molecule has 0 unspecified atom stereocenters. The molecule has 1 amide bonds. The lowest BCUT2D eigenvalue weighted by atomic mass is 9.98. The van der Waals surface area contributed by atoms with Crippen molar-refractivity contribution in [2.75, 3.05) is 31.2 Å². The zero-order valence-corrected chi connectivity index (χ0v) is 13.4. The molecule has 2 saturated heterocycles. The molecule has 22 heavy (non-hydrogen) atoms. The molecule has 2 aliphatic rings. The normalized spacial score (nSPS) is 20.9. The number of ether oxygens (including phenoxy) is 1. The van der Waals surface area contributed by atoms with Gasteiger partial charge in [-0.25, -0.2) is 0 Å². The van der Waals surface area contributed by atoms with Gasteiger partial charge in [-0.3, -0.25) is 4.79 Å². The lowest BCUT2D eigenvalue weighted by molar-refractivity contribution is -0.128. The number of hydrogen-bond donors (Lipinski definition) is 1. The molecule has 1 aromatic rings. The highest BCUT2D eigenvalue weighted by molar-refractivity contribution is 5.79. The summed E-state index contributed by atoms with van der Waals surface area (Å²) in [6.07, 6.45) is 4.24. The molecule has 1 N–H and O–H groups in total. The standard InChI is InChI=1S/C18H26N2O2/c1-14(19-18(21)15-7-11-22-12-8-15)16-5-4-6-17(13-16)20-9-2-3-10-20/h4-6,13-15H,2-3,7-12H2,1H3,(H,19,21)/t14-/m1/s1. The minimum atomic E-state index is 0.0536. The molecule has 120 valence electrons. The van der Waals surface area contributed by atoms with Crippen molar-refractivity contribution < 1.29 is 9.53 Å². The van der Waals surface area contributed by atoms with Crippen LogP contribution in [0.2, 0.25) is 0 Å². The molecule has 1 atom stereocenters. The molecule has 2 heterocycles. The fourth-order valence-corrected chi connectivity index (χ4v) is 3.34. The van der Waals surface area contributed by atoms with Gasteiger partial charge in [0, 0.05) is 37.9 Å². The van der Waals surface area contributed by atoms with Crippen LogP contribution < -0.4 is 10.2 Å². The van der Waals surface area contributed by atoms with Gasteiger partial charge in [0.1, 0.15) is 0 Å². The van der Waals surface area contributed by atoms with Gasteiger partial charge in [-0.05, 0) is 50.3 Å². The van der Waals surface area contributed by atoms with Crippen molar-refractivity contribution in [1.29, 1.82) is 0 Å². The molecule has 0 bridgehead atoms. The van der Waals surface area contributed by atoms with Crippen molar-refractivity contribution in [2.24, 2.45) is 5.92 Å². The highest BCUT2D eigenvalue weighted by Crippen LogP contribution is 2.24. The Morgan fingerprint density at radius 2 is 2.00 bits per heavy atom. The molecule has 0 aromatic heterocycles. The van der Waals surface area contributed by atoms with Crippen LogP contribution in [-0.2, 0) is 9.53 Å². The predicted molar refractivity (Wildman–Crippen MR) is 88.0 cm³/mol. The van der Waals surface area contributed by atoms with Crippen molar-refractivity contribution in [1.82, 2.24) is 5.32 Å². The first-order valence-corrected chi connectivity index (χ1v) is 8.47. The Labute approximate surface area is 132 Å². The summed E-state index contributed by atoms with van der Waals surface area (Å²) in [5.74, 6) is 0.278. The van der Waals surface area contributed by atoms with Gasteiger partial charge >= 0.3 is 0 Å². The highest BCUT2D eigenvalue weighted by atomic mass is 16.5. The first kappa shape index (κ1) is 15.3. The zero-order chi connectivity index (χ0) is 15.4. The van der Waals surface area contributed by atoms with Crippen molar-refractivity contribution in [3.8, 4) is 0 Å². The number of nitrogens with one attached hydrogen (secondary N) is 1. The SMILES string of the molecule is C[C@@H](NC(=O)C1CCOCC1)c1cccc(N2CCCC2)c1. The summed E-state index contributed by atoms with van der Waals surface area (Å²) in [7, 11) is 0. The van der Waals surface area contributed by atoms with Gasteiger partial charge < -0.3 is 15.0 Å². The summed E-state index contributed by atoms with van der Waals surface area (Å²) in [6.45, 7) is 5.77. The molecule has 3 rings (SSSR count). The summed E-state index contributed by atoms with van der Waals surface area (Å²) >= 11 is 0. The Kier molecular flexibility index (Phi) is 4.98. The number of rotatable bonds is 4. The lowest BCUT2D eigenvalue weighted by Gasteiger charge is -2.24. The van der Waals surface area contributed by atoms with Crippen LogP contribution in [0.25, 0.3) is 0 Å². The number of benzene rings is 1. The van der Waals surface area contributed by atoms with E-state index in [-0.39, 0.29) is 17.9 Å². The van der Waals surface area contributed by atoms with E-state index in [1.165, 1.54) is 24.1 Å². The lowest BCUT2D eigenvalue weighted by Crippen LogP contribution is -2.35. The molecule has 1 aromatic carbocycles. The van der Waals surface area contributed by atoms with Crippen LogP contribution in [0, 0.1) is 5.92 Å². The Hall–Kier alpha value is -1.55. The van der Waals surface area contributed by atoms with E-state index < -0.39 is 0 Å². The third-order valence-electron chi connectivity index (χ3n) is 4.79. The molecule has 4 nitrogen and oxygen atoms in total. The second kappa shape index (κ2) is 7.14. The Morgan fingerprint density at radius 3 is 2.73 bits per heavy atom. The maximum atomic E-state index is 12.3. The smallest absolute Gasteiger partial charge is 0.223 e. The van der Waals surface area contributed by atoms with Crippen molar-refractivity contribution in [2.45, 2.75) is 38.6 Å². The minimum Gasteiger partial charge on any atom is -0.381 e. The van der Waals surface area contributed by atoms with Crippen LogP contribution in [0.15, 0.2) is 24.3 Å². The first-order chi connectivity index (χ1) is 10.7. The summed E-state index contributed by atoms with van der Waals surface area (Å²) in [5.41, 5.74) is 2.46. The zero-order valence-electron chi connectivity index (χ0n) is 13.4. The number of carbonyl (C=O) groups is 1. The van der Waals surface area contributed by atoms with Gasteiger partial charge in [0.25, 0.3) is 0 Å². The number of carbonyl (C=O) groups excluding carboxylic acids is 1. The summed E-state index contributed by atoms with van der Waals surface area (Å²) < 4.78 is 5.33. The van der Waals surface area contributed by atoms with Gasteiger partial charge in [0.05, 0.1) is 6.04 Å². The highest BCUT2D eigenvalue weighted by Gasteiger charge is 2.23. The molecule has 0 radical (unpaired) electrons. The average Bonchev–Trinajstić information content (AvgIpc) is 3.10. The largest absolute Gasteiger partial charge is 0.381 e. The quantitative estimate of drug-likeness (QED) is 0.930. The molecule has 2 fully saturated rings. The monoisotopic (exact) mass is 302 g/mol. The van der Waals surface area contributed by atoms with Crippen molar-refractivity contribution in [3.63, 3.8) is 0 Å². The van der Waals surface area contributed by atoms with Crippen molar-refractivity contribution >= 4 is 11.6 Å². The van der Waals surface area contributed by atoms with E-state index in [0.29, 0.717) is 13.2 Å². The van der Waals surface area contributed by atoms with E-state index in [1.54, 1.807) is 0 Å². The first-order valence-electron chi connectivity index (χ1n) is 8.47. The third kappa shape index (κ3) is 3.61. The van der Waals surface area contributed by atoms with Crippen LogP contribution in [-0.4, -0.2) is 32.2 Å². The van der Waals surface area contributed by atoms with Crippen LogP contribution in [0.5, 0.6) is 0 Å². The summed E-state index contributed by atoms with van der Waals surface area (Å²) in [6, 6.07) is 8.65. The maximum Gasteiger partial charge on any atom is 0.223 e. The number of hydrogen-bond acceptors (Lipinski definition) is 3. The van der Waals surface area contributed by atoms with Crippen molar-refractivity contribution in [3.05, 3.63) is 29.8 Å². The van der Waals surface area contributed by atoms with Gasteiger partial charge in [0.2, 0.25) is 5.91 Å². The number of amides is 1. The molecular weight excluding hydrogens is 276 g/mol. The number of anilines is 1. The summed E-state index contributed by atoms with van der Waals surface area (Å²) in [4.78, 5) is 14.8. The molecule has 0 aliphatic carbocycles. The third-order valence-corrected chi connectivity index (χ3v) is 4.79. The predicted octanol–water partition coefficient (Wildman–Crippen LogP) is 2.89. The minimum absolute atomic E-state index is 0.0536. The van der Waals surface area contributed by atoms with Gasteiger partial charge in [-0.2, -0.15) is 0 Å². The van der Waals surface area contributed by atoms with Gasteiger partial charge in [-0.1, -0.05) is 12.1 Å². The van der Waals surface area contributed by atoms with Crippen LogP contribution in [0.3, 0.4) is 0 Å². The second-order valence-corrected chi connectivity index (χ2v) is 6.41. The molecule has 0 saturated carbocycles. The van der Waals surface area contributed by atoms with Gasteiger partial charge in [-0.15, -0.1) is 0 Å². The molecular formula is C18H26N2O2. The Bertz CT molecular complexity index is 506. The molecule has 2 aliphatic heterocycles. The topological polar surface area (TPSA) is 41.6 Å². The van der Waals surface area contributed by atoms with Gasteiger partial charge in [0.15, 0.2) is 0 Å². The second-order valence-electron chi connectivity index (χ2n) is 6.41. The van der Waals surface area contributed by atoms with E-state index in [0.717, 1.165) is 25.9 Å². The maximum absolute atomic E-state index is 12.3. The molecule has 0 spiro atoms. The molecule has 4 heteroatoms. The Morgan fingerprint density at radius 1 is 1.27 bits per heavy atom. The van der Waals surface area contributed by atoms with E-state index in [9.17, 15) is 4.79 Å². The van der Waals surface area contributed by atoms with Crippen LogP contribution >= 0.6 is 0 Å². The van der Waals surface area contributed by atoms with Crippen LogP contribution in [0.4, 0.5) is 5.69 Å². The van der Waals surface area contributed by atoms with E-state index in [1.807, 2.05) is 0 Å². The average molecular weight is 302 g/mol. The number of nitrogens with zero attached hydrogens (tertiary/aromatic N) is 1.